The highest BCUT2D eigenvalue weighted by molar-refractivity contribution is 5.98. The molecule has 1 heterocycles. The van der Waals surface area contributed by atoms with Crippen molar-refractivity contribution in [3.8, 4) is 0 Å². The minimum atomic E-state index is 0.0566. The van der Waals surface area contributed by atoms with Crippen molar-refractivity contribution in [3.63, 3.8) is 0 Å². The van der Waals surface area contributed by atoms with Gasteiger partial charge in [0.2, 0.25) is 5.91 Å². The quantitative estimate of drug-likeness (QED) is 0.781. The summed E-state index contributed by atoms with van der Waals surface area (Å²) in [6.07, 6.45) is 0.822. The SMILES string of the molecule is CCN(C(C)=O)C1=NN(c2ccccc2)CC1. The summed E-state index contributed by atoms with van der Waals surface area (Å²) in [5.74, 6) is 0.921. The Morgan fingerprint density at radius 2 is 2.12 bits per heavy atom. The number of amides is 1. The van der Waals surface area contributed by atoms with E-state index in [4.69, 9.17) is 0 Å². The number of carbonyl (C=O) groups excluding carboxylic acids is 1. The lowest BCUT2D eigenvalue weighted by Crippen LogP contribution is -2.33. The molecule has 1 aliphatic heterocycles. The van der Waals surface area contributed by atoms with E-state index in [-0.39, 0.29) is 5.91 Å². The molecular formula is C13H17N3O. The van der Waals surface area contributed by atoms with E-state index in [2.05, 4.69) is 5.10 Å². The molecule has 0 saturated carbocycles. The van der Waals surface area contributed by atoms with Gasteiger partial charge in [-0.1, -0.05) is 18.2 Å². The first kappa shape index (κ1) is 11.6. The molecule has 0 bridgehead atoms. The fraction of sp³-hybridized carbons (Fsp3) is 0.385. The number of nitrogens with zero attached hydrogens (tertiary/aromatic N) is 3. The van der Waals surface area contributed by atoms with E-state index < -0.39 is 0 Å². The Hall–Kier alpha value is -1.84. The summed E-state index contributed by atoms with van der Waals surface area (Å²) < 4.78 is 0. The molecule has 0 N–H and O–H groups in total. The number of amidine groups is 1. The first-order chi connectivity index (χ1) is 8.22. The molecule has 1 aliphatic rings. The average Bonchev–Trinajstić information content (AvgIpc) is 2.80. The van der Waals surface area contributed by atoms with E-state index >= 15 is 0 Å². The number of anilines is 1. The van der Waals surface area contributed by atoms with Gasteiger partial charge in [-0.2, -0.15) is 5.10 Å². The maximum absolute atomic E-state index is 11.4. The second kappa shape index (κ2) is 4.99. The smallest absolute Gasteiger partial charge is 0.224 e. The lowest BCUT2D eigenvalue weighted by molar-refractivity contribution is -0.125. The molecular weight excluding hydrogens is 214 g/mol. The molecule has 90 valence electrons. The third-order valence-electron chi connectivity index (χ3n) is 2.85. The first-order valence-electron chi connectivity index (χ1n) is 5.90. The zero-order valence-electron chi connectivity index (χ0n) is 10.3. The van der Waals surface area contributed by atoms with E-state index in [0.29, 0.717) is 6.54 Å². The summed E-state index contributed by atoms with van der Waals surface area (Å²) in [4.78, 5) is 13.2. The van der Waals surface area contributed by atoms with Crippen LogP contribution in [0, 0.1) is 0 Å². The van der Waals surface area contributed by atoms with Crippen molar-refractivity contribution >= 4 is 17.4 Å². The van der Waals surface area contributed by atoms with Crippen LogP contribution in [0.1, 0.15) is 20.3 Å². The van der Waals surface area contributed by atoms with Gasteiger partial charge in [0.1, 0.15) is 5.84 Å². The monoisotopic (exact) mass is 231 g/mol. The van der Waals surface area contributed by atoms with Crippen molar-refractivity contribution in [3.05, 3.63) is 30.3 Å². The zero-order chi connectivity index (χ0) is 12.3. The maximum atomic E-state index is 11.4. The lowest BCUT2D eigenvalue weighted by Gasteiger charge is -2.17. The van der Waals surface area contributed by atoms with Crippen LogP contribution in [-0.4, -0.2) is 29.7 Å². The number of hydrogen-bond acceptors (Lipinski definition) is 3. The number of benzene rings is 1. The second-order valence-electron chi connectivity index (χ2n) is 3.99. The van der Waals surface area contributed by atoms with Gasteiger partial charge in [-0.25, -0.2) is 0 Å². The number of carbonyl (C=O) groups is 1. The first-order valence-corrected chi connectivity index (χ1v) is 5.90. The highest BCUT2D eigenvalue weighted by Gasteiger charge is 2.22. The third-order valence-corrected chi connectivity index (χ3v) is 2.85. The molecule has 1 aromatic rings. The summed E-state index contributed by atoms with van der Waals surface area (Å²) in [7, 11) is 0. The molecule has 1 amide bonds. The fourth-order valence-electron chi connectivity index (χ4n) is 2.01. The highest BCUT2D eigenvalue weighted by atomic mass is 16.2. The van der Waals surface area contributed by atoms with Crippen molar-refractivity contribution in [2.24, 2.45) is 5.10 Å². The van der Waals surface area contributed by atoms with Gasteiger partial charge >= 0.3 is 0 Å². The van der Waals surface area contributed by atoms with Crippen LogP contribution in [0.15, 0.2) is 35.4 Å². The molecule has 0 spiro atoms. The van der Waals surface area contributed by atoms with Crippen molar-refractivity contribution in [2.45, 2.75) is 20.3 Å². The van der Waals surface area contributed by atoms with Gasteiger partial charge in [0.05, 0.1) is 5.69 Å². The Balaban J connectivity index is 2.16. The van der Waals surface area contributed by atoms with Gasteiger partial charge in [0.25, 0.3) is 0 Å². The van der Waals surface area contributed by atoms with E-state index in [9.17, 15) is 4.79 Å². The second-order valence-corrected chi connectivity index (χ2v) is 3.99. The van der Waals surface area contributed by atoms with Crippen LogP contribution in [0.4, 0.5) is 5.69 Å². The van der Waals surface area contributed by atoms with Crippen molar-refractivity contribution in [1.29, 1.82) is 0 Å². The Labute approximate surface area is 102 Å². The Morgan fingerprint density at radius 3 is 2.71 bits per heavy atom. The third kappa shape index (κ3) is 2.46. The van der Waals surface area contributed by atoms with Crippen LogP contribution in [0.25, 0.3) is 0 Å². The van der Waals surface area contributed by atoms with E-state index in [0.717, 1.165) is 24.5 Å². The summed E-state index contributed by atoms with van der Waals surface area (Å²) in [6, 6.07) is 10.0. The summed E-state index contributed by atoms with van der Waals surface area (Å²) in [5, 5.41) is 6.45. The number of hydrazone groups is 1. The molecule has 17 heavy (non-hydrogen) atoms. The molecule has 0 fully saturated rings. The van der Waals surface area contributed by atoms with Gasteiger partial charge < -0.3 is 0 Å². The van der Waals surface area contributed by atoms with Gasteiger partial charge in [0.15, 0.2) is 0 Å². The molecule has 0 unspecified atom stereocenters. The van der Waals surface area contributed by atoms with Gasteiger partial charge in [0, 0.05) is 26.4 Å². The zero-order valence-corrected chi connectivity index (χ0v) is 10.3. The highest BCUT2D eigenvalue weighted by Crippen LogP contribution is 2.19. The summed E-state index contributed by atoms with van der Waals surface area (Å²) in [5.41, 5.74) is 1.07. The molecule has 4 heteroatoms. The van der Waals surface area contributed by atoms with Crippen LogP contribution in [-0.2, 0) is 4.79 Å². The average molecular weight is 231 g/mol. The number of para-hydroxylation sites is 1. The number of hydrogen-bond donors (Lipinski definition) is 0. The van der Waals surface area contributed by atoms with Gasteiger partial charge in [-0.15, -0.1) is 0 Å². The number of rotatable bonds is 2. The molecule has 0 aliphatic carbocycles. The maximum Gasteiger partial charge on any atom is 0.224 e. The minimum Gasteiger partial charge on any atom is -0.299 e. The predicted octanol–water partition coefficient (Wildman–Crippen LogP) is 2.08. The molecule has 0 radical (unpaired) electrons. The van der Waals surface area contributed by atoms with Crippen LogP contribution in [0.5, 0.6) is 0 Å². The molecule has 0 saturated heterocycles. The molecule has 4 nitrogen and oxygen atoms in total. The standard InChI is InChI=1S/C13H17N3O/c1-3-15(11(2)17)13-9-10-16(14-13)12-7-5-4-6-8-12/h4-8H,3,9-10H2,1-2H3. The van der Waals surface area contributed by atoms with Crippen molar-refractivity contribution in [1.82, 2.24) is 4.90 Å². The van der Waals surface area contributed by atoms with Crippen LogP contribution in [0.3, 0.4) is 0 Å². The van der Waals surface area contributed by atoms with E-state index in [1.165, 1.54) is 0 Å². The van der Waals surface area contributed by atoms with Crippen molar-refractivity contribution < 1.29 is 4.79 Å². The molecule has 0 atom stereocenters. The molecule has 1 aromatic carbocycles. The van der Waals surface area contributed by atoms with Crippen molar-refractivity contribution in [2.75, 3.05) is 18.1 Å². The van der Waals surface area contributed by atoms with Crippen LogP contribution >= 0.6 is 0 Å². The summed E-state index contributed by atoms with van der Waals surface area (Å²) >= 11 is 0. The topological polar surface area (TPSA) is 35.9 Å². The Morgan fingerprint density at radius 1 is 1.41 bits per heavy atom. The normalized spacial score (nSPS) is 14.7. The fourth-order valence-corrected chi connectivity index (χ4v) is 2.01. The molecule has 2 rings (SSSR count). The summed E-state index contributed by atoms with van der Waals surface area (Å²) in [6.45, 7) is 5.06. The van der Waals surface area contributed by atoms with E-state index in [1.54, 1.807) is 11.8 Å². The van der Waals surface area contributed by atoms with E-state index in [1.807, 2.05) is 42.3 Å². The lowest BCUT2D eigenvalue weighted by atomic mass is 10.3. The van der Waals surface area contributed by atoms with Crippen LogP contribution < -0.4 is 5.01 Å². The van der Waals surface area contributed by atoms with Gasteiger partial charge in [-0.3, -0.25) is 14.7 Å². The van der Waals surface area contributed by atoms with Gasteiger partial charge in [-0.05, 0) is 19.1 Å². The Kier molecular flexibility index (Phi) is 3.42. The predicted molar refractivity (Wildman–Crippen MR) is 68.9 cm³/mol. The molecule has 0 aromatic heterocycles. The Bertz CT molecular complexity index is 428. The minimum absolute atomic E-state index is 0.0566. The van der Waals surface area contributed by atoms with Crippen LogP contribution in [0.2, 0.25) is 0 Å². The largest absolute Gasteiger partial charge is 0.299 e.